The maximum absolute atomic E-state index is 12.6. The second kappa shape index (κ2) is 6.52. The average molecular weight is 382 g/mol. The zero-order valence-corrected chi connectivity index (χ0v) is 14.3. The largest absolute Gasteiger partial charge is 0.278 e. The van der Waals surface area contributed by atoms with Crippen molar-refractivity contribution in [3.05, 3.63) is 50.4 Å². The Labute approximate surface area is 133 Å². The number of hydrogen-bond acceptors (Lipinski definition) is 2. The topological polar surface area (TPSA) is 34.9 Å². The van der Waals surface area contributed by atoms with Crippen LogP contribution in [0.3, 0.4) is 0 Å². The lowest BCUT2D eigenvalue weighted by atomic mass is 10.1. The Hall–Kier alpha value is -1.17. The summed E-state index contributed by atoms with van der Waals surface area (Å²) < 4.78 is 2.60. The molecule has 0 saturated heterocycles. The first-order valence-electron chi connectivity index (χ1n) is 6.90. The Bertz CT molecular complexity index is 631. The van der Waals surface area contributed by atoms with Gasteiger partial charge in [-0.3, -0.25) is 4.79 Å². The highest BCUT2D eigenvalue weighted by atomic mass is 127. The predicted molar refractivity (Wildman–Crippen MR) is 89.2 cm³/mol. The number of carbonyl (C=O) groups excluding carboxylic acids is 1. The van der Waals surface area contributed by atoms with Crippen LogP contribution in [0.25, 0.3) is 0 Å². The maximum atomic E-state index is 12.6. The quantitative estimate of drug-likeness (QED) is 0.746. The number of carbonyl (C=O) groups is 1. The van der Waals surface area contributed by atoms with E-state index in [1.54, 1.807) is 4.68 Å². The third kappa shape index (κ3) is 3.11. The van der Waals surface area contributed by atoms with Crippen molar-refractivity contribution in [2.24, 2.45) is 0 Å². The van der Waals surface area contributed by atoms with Crippen molar-refractivity contribution < 1.29 is 4.79 Å². The van der Waals surface area contributed by atoms with Crippen LogP contribution in [0.15, 0.2) is 24.3 Å². The molecule has 4 heteroatoms. The molecule has 20 heavy (non-hydrogen) atoms. The number of hydrogen-bond donors (Lipinski definition) is 0. The van der Waals surface area contributed by atoms with Gasteiger partial charge in [0.25, 0.3) is 5.91 Å². The van der Waals surface area contributed by atoms with E-state index in [0.717, 1.165) is 34.2 Å². The number of unbranched alkanes of at least 4 members (excludes halogenated alkanes) is 1. The van der Waals surface area contributed by atoms with E-state index in [0.29, 0.717) is 5.56 Å². The van der Waals surface area contributed by atoms with Gasteiger partial charge in [0.15, 0.2) is 0 Å². The van der Waals surface area contributed by atoms with Crippen molar-refractivity contribution in [2.75, 3.05) is 0 Å². The standard InChI is InChI=1S/C16H19IN2O/c1-4-5-9-15-11(2)18-19(12(15)3)16(20)13-7-6-8-14(17)10-13/h6-8,10H,4-5,9H2,1-3H3. The van der Waals surface area contributed by atoms with Crippen LogP contribution in [0.4, 0.5) is 0 Å². The molecule has 0 saturated carbocycles. The fourth-order valence-corrected chi connectivity index (χ4v) is 2.87. The van der Waals surface area contributed by atoms with E-state index >= 15 is 0 Å². The zero-order chi connectivity index (χ0) is 14.7. The van der Waals surface area contributed by atoms with Crippen molar-refractivity contribution >= 4 is 28.5 Å². The SMILES string of the molecule is CCCCc1c(C)nn(C(=O)c2cccc(I)c2)c1C. The van der Waals surface area contributed by atoms with Crippen LogP contribution in [-0.2, 0) is 6.42 Å². The van der Waals surface area contributed by atoms with E-state index in [4.69, 9.17) is 0 Å². The molecule has 0 aliphatic rings. The minimum Gasteiger partial charge on any atom is -0.267 e. The van der Waals surface area contributed by atoms with Crippen LogP contribution in [0.2, 0.25) is 0 Å². The molecule has 0 bridgehead atoms. The molecule has 0 amide bonds. The lowest BCUT2D eigenvalue weighted by Crippen LogP contribution is -2.15. The average Bonchev–Trinajstić information content (AvgIpc) is 2.71. The van der Waals surface area contributed by atoms with E-state index in [-0.39, 0.29) is 5.91 Å². The normalized spacial score (nSPS) is 10.8. The summed E-state index contributed by atoms with van der Waals surface area (Å²) in [4.78, 5) is 12.6. The van der Waals surface area contributed by atoms with Gasteiger partial charge in [0.05, 0.1) is 5.69 Å². The number of nitrogens with zero attached hydrogens (tertiary/aromatic N) is 2. The molecule has 0 unspecified atom stereocenters. The van der Waals surface area contributed by atoms with Crippen molar-refractivity contribution in [3.63, 3.8) is 0 Å². The molecule has 2 aromatic rings. The van der Waals surface area contributed by atoms with Gasteiger partial charge in [0, 0.05) is 14.8 Å². The lowest BCUT2D eigenvalue weighted by molar-refractivity contribution is 0.0942. The molecular weight excluding hydrogens is 363 g/mol. The number of halogens is 1. The van der Waals surface area contributed by atoms with Gasteiger partial charge in [-0.1, -0.05) is 19.4 Å². The molecular formula is C16H19IN2O. The Kier molecular flexibility index (Phi) is 4.96. The van der Waals surface area contributed by atoms with Crippen molar-refractivity contribution in [1.82, 2.24) is 9.78 Å². The molecule has 0 atom stereocenters. The summed E-state index contributed by atoms with van der Waals surface area (Å²) in [6.45, 7) is 6.14. The monoisotopic (exact) mass is 382 g/mol. The molecule has 0 fully saturated rings. The number of aryl methyl sites for hydroxylation is 1. The first-order valence-corrected chi connectivity index (χ1v) is 7.97. The summed E-state index contributed by atoms with van der Waals surface area (Å²) in [6, 6.07) is 7.61. The second-order valence-corrected chi connectivity index (χ2v) is 6.23. The van der Waals surface area contributed by atoms with E-state index in [1.807, 2.05) is 38.1 Å². The highest BCUT2D eigenvalue weighted by molar-refractivity contribution is 14.1. The summed E-state index contributed by atoms with van der Waals surface area (Å²) in [5, 5.41) is 4.43. The van der Waals surface area contributed by atoms with Crippen LogP contribution < -0.4 is 0 Å². The Morgan fingerprint density at radius 3 is 2.75 bits per heavy atom. The fraction of sp³-hybridized carbons (Fsp3) is 0.375. The van der Waals surface area contributed by atoms with Crippen LogP contribution >= 0.6 is 22.6 Å². The number of rotatable bonds is 4. The molecule has 1 heterocycles. The molecule has 0 N–H and O–H groups in total. The second-order valence-electron chi connectivity index (χ2n) is 4.98. The lowest BCUT2D eigenvalue weighted by Gasteiger charge is -2.05. The van der Waals surface area contributed by atoms with Crippen molar-refractivity contribution in [1.29, 1.82) is 0 Å². The predicted octanol–water partition coefficient (Wildman–Crippen LogP) is 4.14. The van der Waals surface area contributed by atoms with Gasteiger partial charge < -0.3 is 0 Å². The molecule has 106 valence electrons. The molecule has 0 radical (unpaired) electrons. The Balaban J connectivity index is 2.36. The fourth-order valence-electron chi connectivity index (χ4n) is 2.33. The Morgan fingerprint density at radius 1 is 1.35 bits per heavy atom. The molecule has 2 rings (SSSR count). The van der Waals surface area contributed by atoms with Gasteiger partial charge in [-0.05, 0) is 73.0 Å². The Morgan fingerprint density at radius 2 is 2.10 bits per heavy atom. The van der Waals surface area contributed by atoms with Crippen LogP contribution in [0.1, 0.15) is 47.1 Å². The van der Waals surface area contributed by atoms with E-state index in [2.05, 4.69) is 34.6 Å². The third-order valence-electron chi connectivity index (χ3n) is 3.49. The minimum atomic E-state index is -0.0492. The van der Waals surface area contributed by atoms with E-state index in [9.17, 15) is 4.79 Å². The van der Waals surface area contributed by atoms with Gasteiger partial charge in [-0.2, -0.15) is 5.10 Å². The van der Waals surface area contributed by atoms with Gasteiger partial charge in [-0.25, -0.2) is 4.68 Å². The van der Waals surface area contributed by atoms with Crippen molar-refractivity contribution in [2.45, 2.75) is 40.0 Å². The van der Waals surface area contributed by atoms with Crippen LogP contribution in [0, 0.1) is 17.4 Å². The molecule has 3 nitrogen and oxygen atoms in total. The summed E-state index contributed by atoms with van der Waals surface area (Å²) in [7, 11) is 0. The highest BCUT2D eigenvalue weighted by Gasteiger charge is 2.17. The van der Waals surface area contributed by atoms with Gasteiger partial charge >= 0.3 is 0 Å². The third-order valence-corrected chi connectivity index (χ3v) is 4.16. The summed E-state index contributed by atoms with van der Waals surface area (Å²) in [5.74, 6) is -0.0492. The van der Waals surface area contributed by atoms with Gasteiger partial charge in [0.2, 0.25) is 0 Å². The van der Waals surface area contributed by atoms with Crippen LogP contribution in [0.5, 0.6) is 0 Å². The minimum absolute atomic E-state index is 0.0492. The van der Waals surface area contributed by atoms with Gasteiger partial charge in [-0.15, -0.1) is 0 Å². The summed E-state index contributed by atoms with van der Waals surface area (Å²) in [5.41, 5.74) is 3.84. The van der Waals surface area contributed by atoms with Gasteiger partial charge in [0.1, 0.15) is 0 Å². The highest BCUT2D eigenvalue weighted by Crippen LogP contribution is 2.18. The first kappa shape index (κ1) is 15.2. The zero-order valence-electron chi connectivity index (χ0n) is 12.1. The summed E-state index contributed by atoms with van der Waals surface area (Å²) in [6.07, 6.45) is 3.27. The van der Waals surface area contributed by atoms with E-state index in [1.165, 1.54) is 5.56 Å². The summed E-state index contributed by atoms with van der Waals surface area (Å²) >= 11 is 2.22. The molecule has 0 aliphatic heterocycles. The number of benzene rings is 1. The van der Waals surface area contributed by atoms with Crippen LogP contribution in [-0.4, -0.2) is 15.7 Å². The first-order chi connectivity index (χ1) is 9.54. The molecule has 1 aromatic carbocycles. The number of aromatic nitrogens is 2. The maximum Gasteiger partial charge on any atom is 0.278 e. The molecule has 0 spiro atoms. The van der Waals surface area contributed by atoms with E-state index < -0.39 is 0 Å². The smallest absolute Gasteiger partial charge is 0.267 e. The molecule has 1 aromatic heterocycles. The van der Waals surface area contributed by atoms with Crippen molar-refractivity contribution in [3.8, 4) is 0 Å². The molecule has 0 aliphatic carbocycles.